The molecule has 0 heterocycles. The molecule has 0 aliphatic carbocycles. The van der Waals surface area contributed by atoms with E-state index in [4.69, 9.17) is 5.11 Å². The number of carboxylic acid groups (broad SMARTS) is 1. The minimum absolute atomic E-state index is 0.0422. The molecule has 0 amide bonds. The summed E-state index contributed by atoms with van der Waals surface area (Å²) in [5.41, 5.74) is 0. The Kier molecular flexibility index (Phi) is 9.67. The van der Waals surface area contributed by atoms with Crippen molar-refractivity contribution in [2.24, 2.45) is 0 Å². The summed E-state index contributed by atoms with van der Waals surface area (Å²) in [4.78, 5) is 21.4. The third kappa shape index (κ3) is 11.0. The van der Waals surface area contributed by atoms with Gasteiger partial charge < -0.3 is 5.11 Å². The zero-order valence-electron chi connectivity index (χ0n) is 10.1. The van der Waals surface area contributed by atoms with Crippen molar-refractivity contribution < 1.29 is 14.7 Å². The molecule has 0 atom stereocenters. The van der Waals surface area contributed by atoms with E-state index >= 15 is 0 Å². The number of allylic oxidation sites excluding steroid dienone is 2. The highest BCUT2D eigenvalue weighted by Crippen LogP contribution is 2.03. The first kappa shape index (κ1) is 14.9. The average molecular weight is 226 g/mol. The molecule has 0 saturated heterocycles. The number of Topliss-reactive ketones (excluding diaryl/α,β-unsaturated/α-hetero) is 1. The van der Waals surface area contributed by atoms with Gasteiger partial charge in [-0.3, -0.25) is 9.59 Å². The van der Waals surface area contributed by atoms with Crippen LogP contribution >= 0.6 is 0 Å². The maximum absolute atomic E-state index is 11.2. The second-order valence-electron chi connectivity index (χ2n) is 3.94. The van der Waals surface area contributed by atoms with Gasteiger partial charge in [0.05, 0.1) is 6.42 Å². The Labute approximate surface area is 97.5 Å². The molecule has 0 bridgehead atoms. The van der Waals surface area contributed by atoms with E-state index in [0.29, 0.717) is 6.42 Å². The fraction of sp³-hybridized carbons (Fsp3) is 0.692. The van der Waals surface area contributed by atoms with Gasteiger partial charge in [0.1, 0.15) is 5.78 Å². The predicted octanol–water partition coefficient (Wildman–Crippen LogP) is 3.34. The summed E-state index contributed by atoms with van der Waals surface area (Å²) in [7, 11) is 0. The van der Waals surface area contributed by atoms with Gasteiger partial charge >= 0.3 is 5.97 Å². The van der Waals surface area contributed by atoms with E-state index in [2.05, 4.69) is 13.0 Å². The summed E-state index contributed by atoms with van der Waals surface area (Å²) in [6.07, 6.45) is 10.2. The molecule has 0 radical (unpaired) electrons. The highest BCUT2D eigenvalue weighted by Gasteiger charge is 2.03. The topological polar surface area (TPSA) is 54.4 Å². The molecular weight excluding hydrogens is 204 g/mol. The lowest BCUT2D eigenvalue weighted by atomic mass is 10.1. The lowest BCUT2D eigenvalue weighted by Gasteiger charge is -1.95. The van der Waals surface area contributed by atoms with Gasteiger partial charge in [0.25, 0.3) is 0 Å². The molecule has 3 heteroatoms. The molecule has 0 aromatic carbocycles. The van der Waals surface area contributed by atoms with Crippen LogP contribution in [0.5, 0.6) is 0 Å². The Morgan fingerprint density at radius 3 is 2.31 bits per heavy atom. The van der Waals surface area contributed by atoms with Gasteiger partial charge in [-0.05, 0) is 19.3 Å². The van der Waals surface area contributed by atoms with Crippen molar-refractivity contribution in [3.63, 3.8) is 0 Å². The fourth-order valence-electron chi connectivity index (χ4n) is 1.36. The maximum atomic E-state index is 11.2. The van der Waals surface area contributed by atoms with E-state index in [-0.39, 0.29) is 18.6 Å². The van der Waals surface area contributed by atoms with Gasteiger partial charge in [0.15, 0.2) is 0 Å². The van der Waals surface area contributed by atoms with Crippen molar-refractivity contribution in [3.8, 4) is 0 Å². The molecule has 0 aromatic rings. The molecule has 0 saturated carbocycles. The minimum atomic E-state index is -0.900. The normalized spacial score (nSPS) is 10.8. The SMILES string of the molecule is CCCCC/C=C\CCC(=O)CCC(=O)O. The number of carbonyl (C=O) groups excluding carboxylic acids is 1. The second kappa shape index (κ2) is 10.4. The number of aliphatic carboxylic acids is 1. The van der Waals surface area contributed by atoms with Crippen molar-refractivity contribution in [2.75, 3.05) is 0 Å². The van der Waals surface area contributed by atoms with Gasteiger partial charge in [-0.25, -0.2) is 0 Å². The third-order valence-corrected chi connectivity index (χ3v) is 2.35. The summed E-state index contributed by atoms with van der Waals surface area (Å²) >= 11 is 0. The Hall–Kier alpha value is -1.12. The molecule has 92 valence electrons. The molecular formula is C13H22O3. The van der Waals surface area contributed by atoms with Crippen molar-refractivity contribution in [2.45, 2.75) is 58.3 Å². The summed E-state index contributed by atoms with van der Waals surface area (Å²) in [5.74, 6) is -0.857. The van der Waals surface area contributed by atoms with E-state index in [9.17, 15) is 9.59 Å². The van der Waals surface area contributed by atoms with Crippen molar-refractivity contribution in [1.29, 1.82) is 0 Å². The van der Waals surface area contributed by atoms with Gasteiger partial charge in [-0.1, -0.05) is 31.9 Å². The Balaban J connectivity index is 3.36. The largest absolute Gasteiger partial charge is 0.481 e. The molecule has 1 N–H and O–H groups in total. The van der Waals surface area contributed by atoms with Crippen LogP contribution in [-0.4, -0.2) is 16.9 Å². The van der Waals surface area contributed by atoms with E-state index in [0.717, 1.165) is 12.8 Å². The van der Waals surface area contributed by atoms with Crippen molar-refractivity contribution in [1.82, 2.24) is 0 Å². The van der Waals surface area contributed by atoms with Crippen molar-refractivity contribution in [3.05, 3.63) is 12.2 Å². The van der Waals surface area contributed by atoms with Gasteiger partial charge in [-0.2, -0.15) is 0 Å². The first-order chi connectivity index (χ1) is 7.66. The van der Waals surface area contributed by atoms with Crippen LogP contribution < -0.4 is 0 Å². The van der Waals surface area contributed by atoms with E-state index in [1.54, 1.807) is 0 Å². The zero-order valence-corrected chi connectivity index (χ0v) is 10.1. The standard InChI is InChI=1S/C13H22O3/c1-2-3-4-5-6-7-8-9-12(14)10-11-13(15)16/h6-7H,2-5,8-11H2,1H3,(H,15,16)/b7-6-. The minimum Gasteiger partial charge on any atom is -0.481 e. The number of ketones is 1. The van der Waals surface area contributed by atoms with Crippen LogP contribution in [0.15, 0.2) is 12.2 Å². The number of hydrogen-bond donors (Lipinski definition) is 1. The third-order valence-electron chi connectivity index (χ3n) is 2.35. The van der Waals surface area contributed by atoms with Crippen LogP contribution in [0.1, 0.15) is 58.3 Å². The van der Waals surface area contributed by atoms with Crippen LogP contribution in [0.4, 0.5) is 0 Å². The van der Waals surface area contributed by atoms with Crippen LogP contribution in [0.3, 0.4) is 0 Å². The van der Waals surface area contributed by atoms with Crippen LogP contribution in [0, 0.1) is 0 Å². The number of carboxylic acids is 1. The van der Waals surface area contributed by atoms with E-state index in [1.807, 2.05) is 6.08 Å². The van der Waals surface area contributed by atoms with Crippen LogP contribution in [0.25, 0.3) is 0 Å². The molecule has 0 aliphatic rings. The molecule has 0 fully saturated rings. The molecule has 0 rings (SSSR count). The summed E-state index contributed by atoms with van der Waals surface area (Å²) in [6.45, 7) is 2.17. The molecule has 0 aromatic heterocycles. The second-order valence-corrected chi connectivity index (χ2v) is 3.94. The zero-order chi connectivity index (χ0) is 12.2. The molecule has 0 unspecified atom stereocenters. The molecule has 0 spiro atoms. The quantitative estimate of drug-likeness (QED) is 0.459. The molecule has 3 nitrogen and oxygen atoms in total. The average Bonchev–Trinajstić information content (AvgIpc) is 2.25. The Bertz CT molecular complexity index is 231. The maximum Gasteiger partial charge on any atom is 0.303 e. The summed E-state index contributed by atoms with van der Waals surface area (Å²) in [5, 5.41) is 8.39. The predicted molar refractivity (Wildman–Crippen MR) is 64.4 cm³/mol. The summed E-state index contributed by atoms with van der Waals surface area (Å²) in [6, 6.07) is 0. The number of rotatable bonds is 10. The first-order valence-electron chi connectivity index (χ1n) is 6.05. The van der Waals surface area contributed by atoms with Crippen LogP contribution in [-0.2, 0) is 9.59 Å². The highest BCUT2D eigenvalue weighted by molar-refractivity contribution is 5.82. The first-order valence-corrected chi connectivity index (χ1v) is 6.05. The fourth-order valence-corrected chi connectivity index (χ4v) is 1.36. The van der Waals surface area contributed by atoms with Gasteiger partial charge in [0.2, 0.25) is 0 Å². The van der Waals surface area contributed by atoms with Crippen molar-refractivity contribution >= 4 is 11.8 Å². The Morgan fingerprint density at radius 1 is 1.00 bits per heavy atom. The van der Waals surface area contributed by atoms with E-state index in [1.165, 1.54) is 19.3 Å². The van der Waals surface area contributed by atoms with E-state index < -0.39 is 5.97 Å². The monoisotopic (exact) mass is 226 g/mol. The van der Waals surface area contributed by atoms with Gasteiger partial charge in [0, 0.05) is 12.8 Å². The molecule has 16 heavy (non-hydrogen) atoms. The number of unbranched alkanes of at least 4 members (excludes halogenated alkanes) is 3. The molecule has 0 aliphatic heterocycles. The van der Waals surface area contributed by atoms with Crippen LogP contribution in [0.2, 0.25) is 0 Å². The van der Waals surface area contributed by atoms with Gasteiger partial charge in [-0.15, -0.1) is 0 Å². The Morgan fingerprint density at radius 2 is 1.69 bits per heavy atom. The highest BCUT2D eigenvalue weighted by atomic mass is 16.4. The lowest BCUT2D eigenvalue weighted by molar-refractivity contribution is -0.138. The summed E-state index contributed by atoms with van der Waals surface area (Å²) < 4.78 is 0. The number of carbonyl (C=O) groups is 2. The smallest absolute Gasteiger partial charge is 0.303 e. The number of hydrogen-bond acceptors (Lipinski definition) is 2. The lowest BCUT2D eigenvalue weighted by Crippen LogP contribution is -2.02.